The molecule has 0 aliphatic rings. The maximum Gasteiger partial charge on any atom is 0.128 e. The second-order valence-corrected chi connectivity index (χ2v) is 3.14. The molecular formula is C9H15N3. The van der Waals surface area contributed by atoms with Crippen LogP contribution < -0.4 is 11.5 Å². The molecule has 0 radical (unpaired) electrons. The van der Waals surface area contributed by atoms with E-state index in [0.717, 1.165) is 11.3 Å². The Hall–Kier alpha value is -1.09. The highest BCUT2D eigenvalue weighted by molar-refractivity contribution is 5.40. The smallest absolute Gasteiger partial charge is 0.128 e. The monoisotopic (exact) mass is 165 g/mol. The molecule has 3 heteroatoms. The van der Waals surface area contributed by atoms with Gasteiger partial charge in [0.15, 0.2) is 0 Å². The lowest BCUT2D eigenvalue weighted by atomic mass is 10.1. The van der Waals surface area contributed by atoms with Gasteiger partial charge in [-0.15, -0.1) is 0 Å². The molecule has 12 heavy (non-hydrogen) atoms. The van der Waals surface area contributed by atoms with Crippen molar-refractivity contribution in [3.63, 3.8) is 0 Å². The van der Waals surface area contributed by atoms with E-state index in [1.54, 1.807) is 0 Å². The molecule has 4 N–H and O–H groups in total. The average molecular weight is 165 g/mol. The van der Waals surface area contributed by atoms with Gasteiger partial charge in [-0.05, 0) is 12.0 Å². The molecule has 0 atom stereocenters. The Morgan fingerprint density at radius 1 is 1.42 bits per heavy atom. The molecule has 0 aromatic carbocycles. The highest BCUT2D eigenvalue weighted by Crippen LogP contribution is 2.15. The summed E-state index contributed by atoms with van der Waals surface area (Å²) in [5, 5.41) is 0. The fourth-order valence-corrected chi connectivity index (χ4v) is 1.01. The Morgan fingerprint density at radius 3 is 2.50 bits per heavy atom. The van der Waals surface area contributed by atoms with E-state index in [0.29, 0.717) is 18.3 Å². The van der Waals surface area contributed by atoms with Gasteiger partial charge in [0.05, 0.1) is 0 Å². The number of anilines is 1. The Balaban J connectivity index is 3.02. The zero-order valence-electron chi connectivity index (χ0n) is 7.54. The third-order valence-electron chi connectivity index (χ3n) is 1.85. The van der Waals surface area contributed by atoms with Crippen LogP contribution in [0.4, 0.5) is 5.82 Å². The Labute approximate surface area is 72.8 Å². The van der Waals surface area contributed by atoms with E-state index >= 15 is 0 Å². The summed E-state index contributed by atoms with van der Waals surface area (Å²) in [4.78, 5) is 4.24. The van der Waals surface area contributed by atoms with Crippen LogP contribution in [-0.2, 0) is 6.54 Å². The van der Waals surface area contributed by atoms with Crippen LogP contribution >= 0.6 is 0 Å². The standard InChI is InChI=1S/C9H15N3/c1-6(2)8-4-3-7(5-10)9(11)12-8/h3-4,6H,5,10H2,1-2H3,(H2,11,12). The van der Waals surface area contributed by atoms with Crippen LogP contribution in [0, 0.1) is 0 Å². The molecule has 0 saturated heterocycles. The summed E-state index contributed by atoms with van der Waals surface area (Å²) in [6.45, 7) is 4.63. The van der Waals surface area contributed by atoms with Crippen molar-refractivity contribution in [2.75, 3.05) is 5.73 Å². The van der Waals surface area contributed by atoms with E-state index in [4.69, 9.17) is 11.5 Å². The maximum absolute atomic E-state index is 5.68. The number of aromatic nitrogens is 1. The summed E-state index contributed by atoms with van der Waals surface area (Å²) in [5.41, 5.74) is 13.1. The van der Waals surface area contributed by atoms with Gasteiger partial charge < -0.3 is 11.5 Å². The Morgan fingerprint density at radius 2 is 2.08 bits per heavy atom. The van der Waals surface area contributed by atoms with Gasteiger partial charge >= 0.3 is 0 Å². The van der Waals surface area contributed by atoms with Gasteiger partial charge in [-0.1, -0.05) is 19.9 Å². The van der Waals surface area contributed by atoms with Gasteiger partial charge in [-0.2, -0.15) is 0 Å². The predicted octanol–water partition coefficient (Wildman–Crippen LogP) is 1.25. The van der Waals surface area contributed by atoms with E-state index in [1.165, 1.54) is 0 Å². The second-order valence-electron chi connectivity index (χ2n) is 3.14. The van der Waals surface area contributed by atoms with Crippen LogP contribution in [0.3, 0.4) is 0 Å². The molecule has 3 nitrogen and oxygen atoms in total. The van der Waals surface area contributed by atoms with Crippen molar-refractivity contribution in [2.24, 2.45) is 5.73 Å². The van der Waals surface area contributed by atoms with Gasteiger partial charge in [0.2, 0.25) is 0 Å². The van der Waals surface area contributed by atoms with Gasteiger partial charge in [0.1, 0.15) is 5.82 Å². The minimum absolute atomic E-state index is 0.416. The first-order chi connectivity index (χ1) is 5.65. The average Bonchev–Trinajstić information content (AvgIpc) is 2.04. The molecule has 1 rings (SSSR count). The Bertz CT molecular complexity index is 268. The summed E-state index contributed by atoms with van der Waals surface area (Å²) in [6, 6.07) is 3.92. The lowest BCUT2D eigenvalue weighted by Gasteiger charge is -2.07. The fourth-order valence-electron chi connectivity index (χ4n) is 1.01. The fraction of sp³-hybridized carbons (Fsp3) is 0.444. The molecule has 1 heterocycles. The first kappa shape index (κ1) is 9.00. The summed E-state index contributed by atoms with van der Waals surface area (Å²) < 4.78 is 0. The molecule has 1 aromatic heterocycles. The zero-order valence-corrected chi connectivity index (χ0v) is 7.54. The summed E-state index contributed by atoms with van der Waals surface area (Å²) in [5.74, 6) is 0.975. The van der Waals surface area contributed by atoms with Crippen LogP contribution in [-0.4, -0.2) is 4.98 Å². The van der Waals surface area contributed by atoms with Crippen molar-refractivity contribution in [1.29, 1.82) is 0 Å². The number of rotatable bonds is 2. The van der Waals surface area contributed by atoms with Crippen LogP contribution in [0.15, 0.2) is 12.1 Å². The normalized spacial score (nSPS) is 10.7. The van der Waals surface area contributed by atoms with E-state index in [-0.39, 0.29) is 0 Å². The minimum atomic E-state index is 0.416. The van der Waals surface area contributed by atoms with Crippen molar-refractivity contribution in [3.05, 3.63) is 23.4 Å². The molecule has 0 aliphatic carbocycles. The molecule has 0 aliphatic heterocycles. The number of nitrogens with zero attached hydrogens (tertiary/aromatic N) is 1. The van der Waals surface area contributed by atoms with Crippen molar-refractivity contribution < 1.29 is 0 Å². The SMILES string of the molecule is CC(C)c1ccc(CN)c(N)n1. The number of pyridine rings is 1. The number of nitrogens with two attached hydrogens (primary N) is 2. The van der Waals surface area contributed by atoms with Crippen molar-refractivity contribution in [3.8, 4) is 0 Å². The Kier molecular flexibility index (Phi) is 2.65. The zero-order chi connectivity index (χ0) is 9.14. The van der Waals surface area contributed by atoms with Gasteiger partial charge in [0.25, 0.3) is 0 Å². The molecule has 1 aromatic rings. The first-order valence-electron chi connectivity index (χ1n) is 4.10. The molecular weight excluding hydrogens is 150 g/mol. The number of hydrogen-bond acceptors (Lipinski definition) is 3. The van der Waals surface area contributed by atoms with E-state index in [2.05, 4.69) is 18.8 Å². The third-order valence-corrected chi connectivity index (χ3v) is 1.85. The van der Waals surface area contributed by atoms with E-state index < -0.39 is 0 Å². The van der Waals surface area contributed by atoms with Gasteiger partial charge in [0, 0.05) is 17.8 Å². The summed E-state index contributed by atoms with van der Waals surface area (Å²) >= 11 is 0. The first-order valence-corrected chi connectivity index (χ1v) is 4.10. The topological polar surface area (TPSA) is 64.9 Å². The maximum atomic E-state index is 5.68. The largest absolute Gasteiger partial charge is 0.383 e. The second kappa shape index (κ2) is 3.54. The number of nitrogen functional groups attached to an aromatic ring is 1. The molecule has 0 amide bonds. The molecule has 0 unspecified atom stereocenters. The van der Waals surface area contributed by atoms with Crippen molar-refractivity contribution >= 4 is 5.82 Å². The molecule has 66 valence electrons. The van der Waals surface area contributed by atoms with E-state index in [1.807, 2.05) is 12.1 Å². The van der Waals surface area contributed by atoms with Gasteiger partial charge in [-0.3, -0.25) is 0 Å². The van der Waals surface area contributed by atoms with Gasteiger partial charge in [-0.25, -0.2) is 4.98 Å². The van der Waals surface area contributed by atoms with Crippen LogP contribution in [0.1, 0.15) is 31.0 Å². The van der Waals surface area contributed by atoms with Crippen LogP contribution in [0.2, 0.25) is 0 Å². The molecule has 0 fully saturated rings. The minimum Gasteiger partial charge on any atom is -0.383 e. The van der Waals surface area contributed by atoms with Crippen LogP contribution in [0.5, 0.6) is 0 Å². The molecule has 0 spiro atoms. The highest BCUT2D eigenvalue weighted by atomic mass is 14.9. The predicted molar refractivity (Wildman–Crippen MR) is 50.6 cm³/mol. The summed E-state index contributed by atoms with van der Waals surface area (Å²) in [7, 11) is 0. The van der Waals surface area contributed by atoms with E-state index in [9.17, 15) is 0 Å². The highest BCUT2D eigenvalue weighted by Gasteiger charge is 2.03. The number of hydrogen-bond donors (Lipinski definition) is 2. The molecule has 0 saturated carbocycles. The quantitative estimate of drug-likeness (QED) is 0.693. The van der Waals surface area contributed by atoms with Crippen LogP contribution in [0.25, 0.3) is 0 Å². The third kappa shape index (κ3) is 1.74. The van der Waals surface area contributed by atoms with Crippen molar-refractivity contribution in [1.82, 2.24) is 4.98 Å². The molecule has 0 bridgehead atoms. The van der Waals surface area contributed by atoms with Crippen molar-refractivity contribution in [2.45, 2.75) is 26.3 Å². The lowest BCUT2D eigenvalue weighted by molar-refractivity contribution is 0.821. The lowest BCUT2D eigenvalue weighted by Crippen LogP contribution is -2.05. The summed E-state index contributed by atoms with van der Waals surface area (Å²) in [6.07, 6.45) is 0.